The number of rotatable bonds is 10. The molecule has 0 aliphatic rings. The second kappa shape index (κ2) is 8.50. The second-order valence-electron chi connectivity index (χ2n) is 8.31. The number of carboxylic acid groups (broad SMARTS) is 2. The zero-order valence-electron chi connectivity index (χ0n) is 16.4. The fourth-order valence-electron chi connectivity index (χ4n) is 2.91. The molecule has 0 bridgehead atoms. The molecule has 0 aliphatic carbocycles. The van der Waals surface area contributed by atoms with Crippen molar-refractivity contribution in [2.24, 2.45) is 10.8 Å². The number of phenols is 3. The normalized spacial score (nSPS) is 12.1. The van der Waals surface area contributed by atoms with Crippen LogP contribution in [0.15, 0.2) is 6.07 Å². The summed E-state index contributed by atoms with van der Waals surface area (Å²) in [5.41, 5.74) is -0.984. The number of aromatic hydroxyl groups is 3. The fourth-order valence-corrected chi connectivity index (χ4v) is 2.91. The molecule has 7 heteroatoms. The van der Waals surface area contributed by atoms with Gasteiger partial charge >= 0.3 is 11.9 Å². The van der Waals surface area contributed by atoms with Crippen molar-refractivity contribution in [3.63, 3.8) is 0 Å². The van der Waals surface area contributed by atoms with Crippen molar-refractivity contribution in [2.45, 2.75) is 66.2 Å². The van der Waals surface area contributed by atoms with Crippen LogP contribution in [0.4, 0.5) is 0 Å². The monoisotopic (exact) mass is 382 g/mol. The van der Waals surface area contributed by atoms with E-state index in [0.717, 1.165) is 6.07 Å². The molecule has 1 aromatic rings. The minimum absolute atomic E-state index is 0.161. The molecule has 1 aromatic carbocycles. The van der Waals surface area contributed by atoms with Gasteiger partial charge in [-0.05, 0) is 66.2 Å². The molecule has 5 N–H and O–H groups in total. The summed E-state index contributed by atoms with van der Waals surface area (Å²) in [5, 5.41) is 48.6. The minimum atomic E-state index is -0.917. The second-order valence-corrected chi connectivity index (χ2v) is 8.31. The summed E-state index contributed by atoms with van der Waals surface area (Å²) in [6.45, 7) is 6.48. The van der Waals surface area contributed by atoms with Crippen LogP contribution >= 0.6 is 0 Å². The van der Waals surface area contributed by atoms with Crippen LogP contribution < -0.4 is 0 Å². The molecule has 0 unspecified atom stereocenters. The van der Waals surface area contributed by atoms with Crippen LogP contribution in [-0.4, -0.2) is 37.5 Å². The topological polar surface area (TPSA) is 135 Å². The molecule has 27 heavy (non-hydrogen) atoms. The summed E-state index contributed by atoms with van der Waals surface area (Å²) in [6.07, 6.45) is 2.31. The van der Waals surface area contributed by atoms with Gasteiger partial charge in [0.15, 0.2) is 11.5 Å². The van der Waals surface area contributed by atoms with E-state index in [1.807, 2.05) is 0 Å². The quantitative estimate of drug-likeness (QED) is 0.308. The molecule has 0 aliphatic heterocycles. The molecule has 0 spiro atoms. The van der Waals surface area contributed by atoms with E-state index < -0.39 is 28.5 Å². The van der Waals surface area contributed by atoms with Gasteiger partial charge in [-0.1, -0.05) is 0 Å². The lowest BCUT2D eigenvalue weighted by atomic mass is 9.84. The Hall–Kier alpha value is -2.44. The average Bonchev–Trinajstić information content (AvgIpc) is 2.54. The Bertz CT molecular complexity index is 705. The third-order valence-corrected chi connectivity index (χ3v) is 5.09. The van der Waals surface area contributed by atoms with Crippen molar-refractivity contribution in [2.75, 3.05) is 0 Å². The smallest absolute Gasteiger partial charge is 0.309 e. The lowest BCUT2D eigenvalue weighted by Gasteiger charge is -2.21. The lowest BCUT2D eigenvalue weighted by molar-refractivity contribution is -0.148. The Balaban J connectivity index is 2.96. The fraction of sp³-hybridized carbons (Fsp3) is 0.600. The van der Waals surface area contributed by atoms with Gasteiger partial charge < -0.3 is 25.5 Å². The zero-order valence-corrected chi connectivity index (χ0v) is 16.4. The van der Waals surface area contributed by atoms with Gasteiger partial charge in [0.25, 0.3) is 0 Å². The van der Waals surface area contributed by atoms with Crippen molar-refractivity contribution < 1.29 is 35.1 Å². The van der Waals surface area contributed by atoms with Gasteiger partial charge in [-0.15, -0.1) is 0 Å². The van der Waals surface area contributed by atoms with Gasteiger partial charge in [-0.25, -0.2) is 0 Å². The highest BCUT2D eigenvalue weighted by atomic mass is 16.4. The molecule has 0 saturated heterocycles. The van der Waals surface area contributed by atoms with Crippen LogP contribution in [0.2, 0.25) is 0 Å². The largest absolute Gasteiger partial charge is 0.508 e. The Morgan fingerprint density at radius 2 is 1.19 bits per heavy atom. The van der Waals surface area contributed by atoms with E-state index in [0.29, 0.717) is 49.7 Å². The van der Waals surface area contributed by atoms with Crippen LogP contribution in [0.25, 0.3) is 0 Å². The molecule has 0 aromatic heterocycles. The third-order valence-electron chi connectivity index (χ3n) is 5.09. The van der Waals surface area contributed by atoms with Gasteiger partial charge in [-0.2, -0.15) is 0 Å². The van der Waals surface area contributed by atoms with E-state index in [9.17, 15) is 35.1 Å². The Labute approximate surface area is 159 Å². The molecular formula is C20H30O7. The van der Waals surface area contributed by atoms with E-state index in [-0.39, 0.29) is 11.5 Å². The van der Waals surface area contributed by atoms with Crippen LogP contribution in [0, 0.1) is 10.8 Å². The SMILES string of the molecule is CC(C)(CCCc1c(O)cc(O)c(O)c1CCCC(C)(C)C(=O)O)C(=O)O. The van der Waals surface area contributed by atoms with Crippen LogP contribution in [0.5, 0.6) is 17.2 Å². The maximum absolute atomic E-state index is 11.2. The van der Waals surface area contributed by atoms with E-state index in [1.165, 1.54) is 0 Å². The first-order valence-electron chi connectivity index (χ1n) is 9.02. The number of benzene rings is 1. The molecule has 0 radical (unpaired) electrons. The number of phenolic OH excluding ortho intramolecular Hbond substituents is 3. The van der Waals surface area contributed by atoms with Gasteiger partial charge in [0, 0.05) is 17.2 Å². The summed E-state index contributed by atoms with van der Waals surface area (Å²) < 4.78 is 0. The molecular weight excluding hydrogens is 352 g/mol. The Kier molecular flexibility index (Phi) is 7.11. The summed E-state index contributed by atoms with van der Waals surface area (Å²) in [6, 6.07) is 1.07. The van der Waals surface area contributed by atoms with Crippen LogP contribution in [-0.2, 0) is 22.4 Å². The van der Waals surface area contributed by atoms with Gasteiger partial charge in [0.05, 0.1) is 10.8 Å². The number of hydrogen-bond acceptors (Lipinski definition) is 5. The maximum Gasteiger partial charge on any atom is 0.309 e. The molecule has 0 amide bonds. The molecule has 0 atom stereocenters. The number of aliphatic carboxylic acids is 2. The molecule has 7 nitrogen and oxygen atoms in total. The first kappa shape index (κ1) is 22.6. The average molecular weight is 382 g/mol. The van der Waals surface area contributed by atoms with E-state index in [1.54, 1.807) is 27.7 Å². The minimum Gasteiger partial charge on any atom is -0.508 e. The van der Waals surface area contributed by atoms with Gasteiger partial charge in [0.1, 0.15) is 5.75 Å². The predicted octanol–water partition coefficient (Wildman–Crippen LogP) is 3.67. The van der Waals surface area contributed by atoms with Crippen molar-refractivity contribution in [1.29, 1.82) is 0 Å². The molecule has 0 fully saturated rings. The number of hydrogen-bond donors (Lipinski definition) is 5. The molecule has 1 rings (SSSR count). The first-order valence-corrected chi connectivity index (χ1v) is 9.02. The molecule has 0 heterocycles. The van der Waals surface area contributed by atoms with Crippen LogP contribution in [0.1, 0.15) is 64.5 Å². The Morgan fingerprint density at radius 1 is 0.778 bits per heavy atom. The summed E-state index contributed by atoms with van der Waals surface area (Å²) in [4.78, 5) is 22.4. The van der Waals surface area contributed by atoms with Gasteiger partial charge in [0.2, 0.25) is 0 Å². The Morgan fingerprint density at radius 3 is 1.59 bits per heavy atom. The molecule has 152 valence electrons. The molecule has 0 saturated carbocycles. The number of carboxylic acids is 2. The van der Waals surface area contributed by atoms with E-state index >= 15 is 0 Å². The van der Waals surface area contributed by atoms with E-state index in [2.05, 4.69) is 0 Å². The maximum atomic E-state index is 11.2. The van der Waals surface area contributed by atoms with E-state index in [4.69, 9.17) is 0 Å². The third kappa shape index (κ3) is 5.77. The zero-order chi connectivity index (χ0) is 21.0. The number of carbonyl (C=O) groups is 2. The predicted molar refractivity (Wildman–Crippen MR) is 100 cm³/mol. The summed E-state index contributed by atoms with van der Waals surface area (Å²) >= 11 is 0. The van der Waals surface area contributed by atoms with Crippen molar-refractivity contribution in [3.05, 3.63) is 17.2 Å². The lowest BCUT2D eigenvalue weighted by Crippen LogP contribution is -2.23. The van der Waals surface area contributed by atoms with Crippen LogP contribution in [0.3, 0.4) is 0 Å². The van der Waals surface area contributed by atoms with Crippen molar-refractivity contribution in [3.8, 4) is 17.2 Å². The highest BCUT2D eigenvalue weighted by molar-refractivity contribution is 5.73. The highest BCUT2D eigenvalue weighted by Crippen LogP contribution is 2.40. The summed E-state index contributed by atoms with van der Waals surface area (Å²) in [7, 11) is 0. The standard InChI is InChI=1S/C20H30O7/c1-19(2,17(24)25)9-5-7-12-13(16(23)15(22)11-14(12)21)8-6-10-20(3,4)18(26)27/h11,21-23H,5-10H2,1-4H3,(H,24,25)(H,26,27). The first-order chi connectivity index (χ1) is 12.3. The highest BCUT2D eigenvalue weighted by Gasteiger charge is 2.28. The van der Waals surface area contributed by atoms with Gasteiger partial charge in [-0.3, -0.25) is 9.59 Å². The summed E-state index contributed by atoms with van der Waals surface area (Å²) in [5.74, 6) is -2.74. The van der Waals surface area contributed by atoms with Crippen molar-refractivity contribution >= 4 is 11.9 Å². The van der Waals surface area contributed by atoms with Crippen molar-refractivity contribution in [1.82, 2.24) is 0 Å².